The Balaban J connectivity index is 2.29. The predicted octanol–water partition coefficient (Wildman–Crippen LogP) is 3.28. The van der Waals surface area contributed by atoms with E-state index in [4.69, 9.17) is 15.7 Å². The van der Waals surface area contributed by atoms with Gasteiger partial charge in [-0.05, 0) is 31.2 Å². The van der Waals surface area contributed by atoms with E-state index in [-0.39, 0.29) is 0 Å². The zero-order chi connectivity index (χ0) is 13.7. The van der Waals surface area contributed by atoms with Crippen LogP contribution in [0.5, 0.6) is 5.75 Å². The summed E-state index contributed by atoms with van der Waals surface area (Å²) in [6, 6.07) is 14.9. The van der Waals surface area contributed by atoms with Gasteiger partial charge in [-0.3, -0.25) is 0 Å². The van der Waals surface area contributed by atoms with E-state index in [0.29, 0.717) is 23.6 Å². The molecule has 0 heterocycles. The van der Waals surface area contributed by atoms with Gasteiger partial charge in [0.05, 0.1) is 23.5 Å². The Bertz CT molecular complexity index is 617. The molecule has 0 saturated heterocycles. The largest absolute Gasteiger partial charge is 0.492 e. The lowest BCUT2D eigenvalue weighted by Crippen LogP contribution is -1.99. The van der Waals surface area contributed by atoms with Crippen LogP contribution in [0.25, 0.3) is 0 Å². The van der Waals surface area contributed by atoms with Crippen molar-refractivity contribution in [3.05, 3.63) is 48.0 Å². The summed E-state index contributed by atoms with van der Waals surface area (Å²) >= 11 is 0. The summed E-state index contributed by atoms with van der Waals surface area (Å²) in [5.41, 5.74) is 8.61. The van der Waals surface area contributed by atoms with E-state index in [1.807, 2.05) is 37.3 Å². The number of benzene rings is 2. The first kappa shape index (κ1) is 12.8. The first-order valence-electron chi connectivity index (χ1n) is 6.03. The highest BCUT2D eigenvalue weighted by molar-refractivity contribution is 5.70. The van der Waals surface area contributed by atoms with Crippen molar-refractivity contribution in [3.8, 4) is 11.8 Å². The SMILES string of the molecule is CCOc1cc(Nc2ccccc2C#N)ccc1N. The maximum absolute atomic E-state index is 9.04. The molecule has 2 aromatic carbocycles. The fraction of sp³-hybridized carbons (Fsp3) is 0.133. The Labute approximate surface area is 112 Å². The van der Waals surface area contributed by atoms with Crippen molar-refractivity contribution in [2.45, 2.75) is 6.92 Å². The Hall–Kier alpha value is -2.67. The molecule has 0 bridgehead atoms. The fourth-order valence-electron chi connectivity index (χ4n) is 1.74. The maximum Gasteiger partial charge on any atom is 0.144 e. The molecule has 0 fully saturated rings. The fourth-order valence-corrected chi connectivity index (χ4v) is 1.74. The van der Waals surface area contributed by atoms with Crippen LogP contribution >= 0.6 is 0 Å². The zero-order valence-electron chi connectivity index (χ0n) is 10.7. The van der Waals surface area contributed by atoms with Crippen LogP contribution in [0.1, 0.15) is 12.5 Å². The summed E-state index contributed by atoms with van der Waals surface area (Å²) < 4.78 is 5.44. The highest BCUT2D eigenvalue weighted by Crippen LogP contribution is 2.28. The highest BCUT2D eigenvalue weighted by Gasteiger charge is 2.04. The van der Waals surface area contributed by atoms with Gasteiger partial charge in [-0.1, -0.05) is 12.1 Å². The molecule has 0 spiro atoms. The normalized spacial score (nSPS) is 9.68. The molecule has 0 unspecified atom stereocenters. The summed E-state index contributed by atoms with van der Waals surface area (Å²) in [6.07, 6.45) is 0. The number of hydrogen-bond donors (Lipinski definition) is 2. The molecule has 0 aliphatic carbocycles. The second-order valence-electron chi connectivity index (χ2n) is 3.97. The lowest BCUT2D eigenvalue weighted by atomic mass is 10.2. The van der Waals surface area contributed by atoms with E-state index >= 15 is 0 Å². The first-order chi connectivity index (χ1) is 9.24. The number of nitriles is 1. The molecular weight excluding hydrogens is 238 g/mol. The number of nitrogens with one attached hydrogen (secondary N) is 1. The smallest absolute Gasteiger partial charge is 0.144 e. The monoisotopic (exact) mass is 253 g/mol. The van der Waals surface area contributed by atoms with Crippen LogP contribution in [0.15, 0.2) is 42.5 Å². The van der Waals surface area contributed by atoms with Crippen LogP contribution in [0, 0.1) is 11.3 Å². The van der Waals surface area contributed by atoms with Crippen molar-refractivity contribution >= 4 is 17.1 Å². The Morgan fingerprint density at radius 1 is 1.26 bits per heavy atom. The molecule has 0 aromatic heterocycles. The summed E-state index contributed by atoms with van der Waals surface area (Å²) in [5, 5.41) is 12.2. The zero-order valence-corrected chi connectivity index (χ0v) is 10.7. The van der Waals surface area contributed by atoms with Gasteiger partial charge in [0.25, 0.3) is 0 Å². The summed E-state index contributed by atoms with van der Waals surface area (Å²) in [5.74, 6) is 0.641. The molecule has 4 nitrogen and oxygen atoms in total. The van der Waals surface area contributed by atoms with Crippen LogP contribution in [0.2, 0.25) is 0 Å². The van der Waals surface area contributed by atoms with Gasteiger partial charge in [0, 0.05) is 11.8 Å². The second kappa shape index (κ2) is 5.78. The van der Waals surface area contributed by atoms with Crippen molar-refractivity contribution in [1.82, 2.24) is 0 Å². The quantitative estimate of drug-likeness (QED) is 0.820. The summed E-state index contributed by atoms with van der Waals surface area (Å²) in [4.78, 5) is 0. The minimum absolute atomic E-state index is 0.558. The van der Waals surface area contributed by atoms with E-state index in [1.165, 1.54) is 0 Å². The van der Waals surface area contributed by atoms with Crippen molar-refractivity contribution in [2.75, 3.05) is 17.7 Å². The number of nitrogens with zero attached hydrogens (tertiary/aromatic N) is 1. The first-order valence-corrected chi connectivity index (χ1v) is 6.03. The average Bonchev–Trinajstić information content (AvgIpc) is 2.43. The van der Waals surface area contributed by atoms with Gasteiger partial charge < -0.3 is 15.8 Å². The molecule has 0 aliphatic rings. The van der Waals surface area contributed by atoms with Gasteiger partial charge in [0.1, 0.15) is 11.8 Å². The van der Waals surface area contributed by atoms with Gasteiger partial charge in [-0.15, -0.1) is 0 Å². The van der Waals surface area contributed by atoms with Crippen LogP contribution in [0.3, 0.4) is 0 Å². The van der Waals surface area contributed by atoms with Gasteiger partial charge in [0.15, 0.2) is 0 Å². The molecule has 96 valence electrons. The van der Waals surface area contributed by atoms with E-state index in [2.05, 4.69) is 11.4 Å². The van der Waals surface area contributed by atoms with Gasteiger partial charge in [-0.2, -0.15) is 5.26 Å². The molecule has 19 heavy (non-hydrogen) atoms. The van der Waals surface area contributed by atoms with Crippen LogP contribution in [-0.4, -0.2) is 6.61 Å². The van der Waals surface area contributed by atoms with Crippen molar-refractivity contribution in [1.29, 1.82) is 5.26 Å². The molecule has 2 rings (SSSR count). The average molecular weight is 253 g/mol. The van der Waals surface area contributed by atoms with E-state index in [1.54, 1.807) is 12.1 Å². The Kier molecular flexibility index (Phi) is 3.89. The minimum atomic E-state index is 0.558. The molecular formula is C15H15N3O. The molecule has 4 heteroatoms. The second-order valence-corrected chi connectivity index (χ2v) is 3.97. The van der Waals surface area contributed by atoms with Crippen LogP contribution in [0.4, 0.5) is 17.1 Å². The number of rotatable bonds is 4. The van der Waals surface area contributed by atoms with E-state index in [0.717, 1.165) is 11.4 Å². The topological polar surface area (TPSA) is 71.1 Å². The highest BCUT2D eigenvalue weighted by atomic mass is 16.5. The minimum Gasteiger partial charge on any atom is -0.492 e. The van der Waals surface area contributed by atoms with Crippen molar-refractivity contribution < 1.29 is 4.74 Å². The molecule has 0 amide bonds. The van der Waals surface area contributed by atoms with Crippen molar-refractivity contribution in [2.24, 2.45) is 0 Å². The number of nitrogens with two attached hydrogens (primary N) is 1. The van der Waals surface area contributed by atoms with Gasteiger partial charge in [0.2, 0.25) is 0 Å². The molecule has 0 saturated carbocycles. The lowest BCUT2D eigenvalue weighted by Gasteiger charge is -2.11. The standard InChI is InChI=1S/C15H15N3O/c1-2-19-15-9-12(7-8-13(15)17)18-14-6-4-3-5-11(14)10-16/h3-9,18H,2,17H2,1H3. The Morgan fingerprint density at radius 2 is 2.05 bits per heavy atom. The lowest BCUT2D eigenvalue weighted by molar-refractivity contribution is 0.342. The molecule has 2 aromatic rings. The third-order valence-corrected chi connectivity index (χ3v) is 2.64. The number of para-hydroxylation sites is 1. The number of anilines is 3. The molecule has 0 aliphatic heterocycles. The van der Waals surface area contributed by atoms with Crippen LogP contribution < -0.4 is 15.8 Å². The predicted molar refractivity (Wildman–Crippen MR) is 76.5 cm³/mol. The summed E-state index contributed by atoms with van der Waals surface area (Å²) in [7, 11) is 0. The van der Waals surface area contributed by atoms with E-state index in [9.17, 15) is 0 Å². The van der Waals surface area contributed by atoms with Gasteiger partial charge >= 0.3 is 0 Å². The van der Waals surface area contributed by atoms with E-state index < -0.39 is 0 Å². The molecule has 3 N–H and O–H groups in total. The number of hydrogen-bond acceptors (Lipinski definition) is 4. The molecule has 0 radical (unpaired) electrons. The number of nitrogen functional groups attached to an aromatic ring is 1. The third kappa shape index (κ3) is 2.96. The van der Waals surface area contributed by atoms with Gasteiger partial charge in [-0.25, -0.2) is 0 Å². The summed E-state index contributed by atoms with van der Waals surface area (Å²) in [6.45, 7) is 2.47. The number of ether oxygens (including phenoxy) is 1. The molecule has 0 atom stereocenters. The third-order valence-electron chi connectivity index (χ3n) is 2.64. The van der Waals surface area contributed by atoms with Crippen LogP contribution in [-0.2, 0) is 0 Å². The maximum atomic E-state index is 9.04. The van der Waals surface area contributed by atoms with Crippen molar-refractivity contribution in [3.63, 3.8) is 0 Å². The Morgan fingerprint density at radius 3 is 2.79 bits per heavy atom.